The lowest BCUT2D eigenvalue weighted by atomic mass is 10.2. The average Bonchev–Trinajstić information content (AvgIpc) is 2.58. The molecule has 0 radical (unpaired) electrons. The van der Waals surface area contributed by atoms with Crippen LogP contribution in [0.15, 0.2) is 47.4 Å². The van der Waals surface area contributed by atoms with Crippen molar-refractivity contribution in [3.8, 4) is 0 Å². The van der Waals surface area contributed by atoms with Crippen LogP contribution in [0.25, 0.3) is 0 Å². The van der Waals surface area contributed by atoms with E-state index >= 15 is 0 Å². The average molecular weight is 395 g/mol. The molecule has 0 unspecified atom stereocenters. The summed E-state index contributed by atoms with van der Waals surface area (Å²) in [6, 6.07) is 11.0. The van der Waals surface area contributed by atoms with Crippen molar-refractivity contribution in [2.24, 2.45) is 0 Å². The first kappa shape index (κ1) is 20.3. The van der Waals surface area contributed by atoms with Gasteiger partial charge in [0.1, 0.15) is 0 Å². The highest BCUT2D eigenvalue weighted by atomic mass is 35.5. The summed E-state index contributed by atoms with van der Waals surface area (Å²) in [6.07, 6.45) is 3.04. The second kappa shape index (κ2) is 9.05. The van der Waals surface area contributed by atoms with E-state index in [1.807, 2.05) is 6.92 Å². The minimum absolute atomic E-state index is 0.164. The lowest BCUT2D eigenvalue weighted by Gasteiger charge is -2.11. The van der Waals surface area contributed by atoms with E-state index in [0.717, 1.165) is 24.8 Å². The number of sulfonamides is 1. The maximum Gasteiger partial charge on any atom is 0.261 e. The number of halogens is 1. The van der Waals surface area contributed by atoms with Gasteiger partial charge in [0.05, 0.1) is 21.2 Å². The molecule has 0 aliphatic heterocycles. The van der Waals surface area contributed by atoms with E-state index < -0.39 is 10.0 Å². The van der Waals surface area contributed by atoms with Crippen molar-refractivity contribution >= 4 is 33.2 Å². The van der Waals surface area contributed by atoms with Gasteiger partial charge in [0.25, 0.3) is 15.9 Å². The molecule has 0 aliphatic rings. The summed E-state index contributed by atoms with van der Waals surface area (Å²) >= 11 is 6.16. The van der Waals surface area contributed by atoms with Gasteiger partial charge in [0.15, 0.2) is 0 Å². The van der Waals surface area contributed by atoms with Crippen molar-refractivity contribution in [1.82, 2.24) is 5.32 Å². The zero-order chi connectivity index (χ0) is 19.2. The second-order valence-corrected chi connectivity index (χ2v) is 8.17. The fourth-order valence-corrected chi connectivity index (χ4v) is 3.68. The Labute approximate surface area is 159 Å². The molecule has 0 saturated carbocycles. The zero-order valence-electron chi connectivity index (χ0n) is 14.9. The second-order valence-electron chi connectivity index (χ2n) is 6.08. The van der Waals surface area contributed by atoms with Gasteiger partial charge < -0.3 is 5.32 Å². The van der Waals surface area contributed by atoms with Gasteiger partial charge >= 0.3 is 0 Å². The Morgan fingerprint density at radius 1 is 1.08 bits per heavy atom. The van der Waals surface area contributed by atoms with Gasteiger partial charge in [0, 0.05) is 6.54 Å². The van der Waals surface area contributed by atoms with Crippen LogP contribution in [0.1, 0.15) is 42.1 Å². The van der Waals surface area contributed by atoms with Gasteiger partial charge in [-0.2, -0.15) is 0 Å². The van der Waals surface area contributed by atoms with Crippen LogP contribution < -0.4 is 10.0 Å². The number of carbonyl (C=O) groups is 1. The standard InChI is InChI=1S/C19H23ClN2O3S/c1-3-4-5-12-21-19(23)17-11-8-15(13-18(17)20)22-26(24,25)16-9-6-14(2)7-10-16/h6-11,13,22H,3-5,12H2,1-2H3,(H,21,23). The Morgan fingerprint density at radius 3 is 2.38 bits per heavy atom. The molecule has 7 heteroatoms. The van der Waals surface area contributed by atoms with Crippen molar-refractivity contribution in [2.45, 2.75) is 38.0 Å². The van der Waals surface area contributed by atoms with Crippen molar-refractivity contribution in [3.05, 3.63) is 58.6 Å². The van der Waals surface area contributed by atoms with Gasteiger partial charge in [0.2, 0.25) is 0 Å². The summed E-state index contributed by atoms with van der Waals surface area (Å²) < 4.78 is 27.3. The van der Waals surface area contributed by atoms with Crippen LogP contribution in [-0.2, 0) is 10.0 Å². The van der Waals surface area contributed by atoms with E-state index in [-0.39, 0.29) is 15.8 Å². The van der Waals surface area contributed by atoms with Crippen molar-refractivity contribution < 1.29 is 13.2 Å². The number of benzene rings is 2. The molecule has 0 bridgehead atoms. The van der Waals surface area contributed by atoms with Crippen LogP contribution in [0, 0.1) is 6.92 Å². The predicted molar refractivity (Wildman–Crippen MR) is 105 cm³/mol. The first-order valence-corrected chi connectivity index (χ1v) is 10.4. The molecule has 2 rings (SSSR count). The number of nitrogens with one attached hydrogen (secondary N) is 2. The van der Waals surface area contributed by atoms with Crippen molar-refractivity contribution in [1.29, 1.82) is 0 Å². The van der Waals surface area contributed by atoms with Crippen LogP contribution in [0.4, 0.5) is 5.69 Å². The number of anilines is 1. The topological polar surface area (TPSA) is 75.3 Å². The quantitative estimate of drug-likeness (QED) is 0.653. The number of carbonyl (C=O) groups excluding carboxylic acids is 1. The third-order valence-corrected chi connectivity index (χ3v) is 5.57. The van der Waals surface area contributed by atoms with Crippen molar-refractivity contribution in [3.63, 3.8) is 0 Å². The van der Waals surface area contributed by atoms with E-state index in [0.29, 0.717) is 17.8 Å². The molecule has 2 aromatic rings. The fourth-order valence-electron chi connectivity index (χ4n) is 2.37. The Bertz CT molecular complexity index is 865. The monoisotopic (exact) mass is 394 g/mol. The molecule has 0 heterocycles. The molecule has 2 aromatic carbocycles. The Balaban J connectivity index is 2.09. The fraction of sp³-hybridized carbons (Fsp3) is 0.316. The third-order valence-electron chi connectivity index (χ3n) is 3.86. The molecule has 0 aliphatic carbocycles. The summed E-state index contributed by atoms with van der Waals surface area (Å²) in [6.45, 7) is 4.56. The molecule has 0 aromatic heterocycles. The van der Waals surface area contributed by atoms with Gasteiger partial charge in [-0.05, 0) is 43.7 Å². The van der Waals surface area contributed by atoms with Gasteiger partial charge in [-0.15, -0.1) is 0 Å². The maximum atomic E-state index is 12.4. The molecule has 26 heavy (non-hydrogen) atoms. The molecule has 1 amide bonds. The molecule has 0 spiro atoms. The first-order valence-electron chi connectivity index (χ1n) is 8.50. The van der Waals surface area contributed by atoms with Crippen LogP contribution in [-0.4, -0.2) is 20.9 Å². The molecule has 0 atom stereocenters. The van der Waals surface area contributed by atoms with Gasteiger partial charge in [-0.1, -0.05) is 49.1 Å². The SMILES string of the molecule is CCCCCNC(=O)c1ccc(NS(=O)(=O)c2ccc(C)cc2)cc1Cl. The lowest BCUT2D eigenvalue weighted by Crippen LogP contribution is -2.24. The van der Waals surface area contributed by atoms with E-state index in [2.05, 4.69) is 17.0 Å². The highest BCUT2D eigenvalue weighted by Gasteiger charge is 2.16. The summed E-state index contributed by atoms with van der Waals surface area (Å²) in [5.41, 5.74) is 1.60. The number of unbranched alkanes of at least 4 members (excludes halogenated alkanes) is 2. The van der Waals surface area contributed by atoms with Crippen LogP contribution in [0.2, 0.25) is 5.02 Å². The van der Waals surface area contributed by atoms with Crippen LogP contribution in [0.3, 0.4) is 0 Å². The Hall–Kier alpha value is -2.05. The lowest BCUT2D eigenvalue weighted by molar-refractivity contribution is 0.0953. The minimum atomic E-state index is -3.71. The predicted octanol–water partition coefficient (Wildman–Crippen LogP) is 4.37. The molecular weight excluding hydrogens is 372 g/mol. The van der Waals surface area contributed by atoms with Crippen LogP contribution in [0.5, 0.6) is 0 Å². The third kappa shape index (κ3) is 5.47. The Kier molecular flexibility index (Phi) is 7.06. The number of rotatable bonds is 8. The van der Waals surface area contributed by atoms with Gasteiger partial charge in [-0.25, -0.2) is 8.42 Å². The maximum absolute atomic E-state index is 12.4. The van der Waals surface area contributed by atoms with E-state index in [9.17, 15) is 13.2 Å². The molecular formula is C19H23ClN2O3S. The first-order chi connectivity index (χ1) is 12.3. The highest BCUT2D eigenvalue weighted by molar-refractivity contribution is 7.92. The number of aryl methyl sites for hydroxylation is 1. The smallest absolute Gasteiger partial charge is 0.261 e. The Morgan fingerprint density at radius 2 is 1.77 bits per heavy atom. The van der Waals surface area contributed by atoms with Crippen LogP contribution >= 0.6 is 11.6 Å². The van der Waals surface area contributed by atoms with Crippen molar-refractivity contribution in [2.75, 3.05) is 11.3 Å². The van der Waals surface area contributed by atoms with Gasteiger partial charge in [-0.3, -0.25) is 9.52 Å². The molecule has 5 nitrogen and oxygen atoms in total. The van der Waals surface area contributed by atoms with E-state index in [4.69, 9.17) is 11.6 Å². The normalized spacial score (nSPS) is 11.2. The largest absolute Gasteiger partial charge is 0.352 e. The highest BCUT2D eigenvalue weighted by Crippen LogP contribution is 2.23. The summed E-state index contributed by atoms with van der Waals surface area (Å²) in [7, 11) is -3.71. The minimum Gasteiger partial charge on any atom is -0.352 e. The summed E-state index contributed by atoms with van der Waals surface area (Å²) in [5, 5.41) is 3.01. The number of amides is 1. The molecule has 0 saturated heterocycles. The molecule has 140 valence electrons. The molecule has 0 fully saturated rings. The zero-order valence-corrected chi connectivity index (χ0v) is 16.5. The summed E-state index contributed by atoms with van der Waals surface area (Å²) in [4.78, 5) is 12.3. The number of hydrogen-bond acceptors (Lipinski definition) is 3. The van der Waals surface area contributed by atoms with E-state index in [1.165, 1.54) is 30.3 Å². The van der Waals surface area contributed by atoms with E-state index in [1.54, 1.807) is 12.1 Å². The summed E-state index contributed by atoms with van der Waals surface area (Å²) in [5.74, 6) is -0.265. The molecule has 2 N–H and O–H groups in total. The number of hydrogen-bond donors (Lipinski definition) is 2.